The van der Waals surface area contributed by atoms with Gasteiger partial charge in [-0.3, -0.25) is 0 Å². The standard InChI is InChI=1S/C20H27N3O2S/c1-15-14-26-19(22-15)10-11-21-20(25)23-12-3-2-6-17(23)9-8-16-5-4-7-18(24)13-16/h4-5,7,13-14,17,24H,2-3,6,8-12H2,1H3,(H,21,25)/t17-/m1/s1. The van der Waals surface area contributed by atoms with Gasteiger partial charge in [0, 0.05) is 36.6 Å². The van der Waals surface area contributed by atoms with Gasteiger partial charge in [-0.15, -0.1) is 11.3 Å². The topological polar surface area (TPSA) is 65.5 Å². The molecule has 1 aliphatic rings. The number of aryl methyl sites for hydroxylation is 2. The maximum absolute atomic E-state index is 12.6. The van der Waals surface area contributed by atoms with Crippen molar-refractivity contribution in [2.45, 2.75) is 51.5 Å². The molecule has 140 valence electrons. The fourth-order valence-corrected chi connectivity index (χ4v) is 4.28. The first-order chi connectivity index (χ1) is 12.6. The summed E-state index contributed by atoms with van der Waals surface area (Å²) < 4.78 is 0. The highest BCUT2D eigenvalue weighted by Crippen LogP contribution is 2.22. The molecule has 1 atom stereocenters. The molecule has 0 aliphatic carbocycles. The van der Waals surface area contributed by atoms with Crippen LogP contribution < -0.4 is 5.32 Å². The third-order valence-electron chi connectivity index (χ3n) is 4.85. The maximum atomic E-state index is 12.6. The first-order valence-corrected chi connectivity index (χ1v) is 10.2. The molecule has 2 aromatic rings. The predicted octanol–water partition coefficient (Wildman–Crippen LogP) is 3.90. The SMILES string of the molecule is Cc1csc(CCNC(=O)N2CCCC[C@@H]2CCc2cccc(O)c2)n1. The smallest absolute Gasteiger partial charge is 0.317 e. The molecule has 2 heterocycles. The molecule has 1 saturated heterocycles. The van der Waals surface area contributed by atoms with E-state index in [4.69, 9.17) is 0 Å². The summed E-state index contributed by atoms with van der Waals surface area (Å²) >= 11 is 1.65. The number of urea groups is 1. The van der Waals surface area contributed by atoms with Gasteiger partial charge in [-0.1, -0.05) is 12.1 Å². The van der Waals surface area contributed by atoms with Gasteiger partial charge in [0.25, 0.3) is 0 Å². The third kappa shape index (κ3) is 5.21. The maximum Gasteiger partial charge on any atom is 0.317 e. The van der Waals surface area contributed by atoms with Gasteiger partial charge in [0.05, 0.1) is 5.01 Å². The first kappa shape index (κ1) is 18.7. The molecular weight excluding hydrogens is 346 g/mol. The summed E-state index contributed by atoms with van der Waals surface area (Å²) in [6.07, 6.45) is 5.89. The molecule has 1 aliphatic heterocycles. The number of likely N-dealkylation sites (tertiary alicyclic amines) is 1. The van der Waals surface area contributed by atoms with E-state index in [-0.39, 0.29) is 12.1 Å². The number of piperidine rings is 1. The molecule has 0 bridgehead atoms. The number of thiazole rings is 1. The highest BCUT2D eigenvalue weighted by atomic mass is 32.1. The van der Waals surface area contributed by atoms with Gasteiger partial charge in [0.1, 0.15) is 5.75 Å². The third-order valence-corrected chi connectivity index (χ3v) is 5.87. The van der Waals surface area contributed by atoms with Crippen molar-refractivity contribution in [1.29, 1.82) is 0 Å². The van der Waals surface area contributed by atoms with Crippen LogP contribution in [0, 0.1) is 6.92 Å². The van der Waals surface area contributed by atoms with Gasteiger partial charge in [0.2, 0.25) is 0 Å². The van der Waals surface area contributed by atoms with Gasteiger partial charge in [-0.25, -0.2) is 9.78 Å². The van der Waals surface area contributed by atoms with Crippen LogP contribution in [0.5, 0.6) is 5.75 Å². The van der Waals surface area contributed by atoms with E-state index >= 15 is 0 Å². The van der Waals surface area contributed by atoms with Crippen LogP contribution in [0.2, 0.25) is 0 Å². The van der Waals surface area contributed by atoms with Crippen molar-refractivity contribution >= 4 is 17.4 Å². The van der Waals surface area contributed by atoms with Crippen molar-refractivity contribution in [3.63, 3.8) is 0 Å². The van der Waals surface area contributed by atoms with Crippen LogP contribution in [0.1, 0.15) is 41.9 Å². The van der Waals surface area contributed by atoms with Crippen molar-refractivity contribution in [3.05, 3.63) is 45.9 Å². The lowest BCUT2D eigenvalue weighted by Crippen LogP contribution is -2.49. The fourth-order valence-electron chi connectivity index (χ4n) is 3.51. The molecule has 6 heteroatoms. The number of aromatic hydroxyl groups is 1. The molecule has 3 rings (SSSR count). The van der Waals surface area contributed by atoms with Crippen molar-refractivity contribution in [1.82, 2.24) is 15.2 Å². The van der Waals surface area contributed by atoms with E-state index in [1.807, 2.05) is 35.4 Å². The van der Waals surface area contributed by atoms with Gasteiger partial charge in [0.15, 0.2) is 0 Å². The Labute approximate surface area is 159 Å². The first-order valence-electron chi connectivity index (χ1n) is 9.35. The minimum atomic E-state index is 0.0406. The minimum Gasteiger partial charge on any atom is -0.508 e. The average Bonchev–Trinajstić information content (AvgIpc) is 3.05. The lowest BCUT2D eigenvalue weighted by atomic mass is 9.96. The zero-order valence-electron chi connectivity index (χ0n) is 15.3. The molecular formula is C20H27N3O2S. The normalized spacial score (nSPS) is 17.3. The molecule has 0 unspecified atom stereocenters. The average molecular weight is 374 g/mol. The second-order valence-corrected chi connectivity index (χ2v) is 7.86. The number of nitrogens with zero attached hydrogens (tertiary/aromatic N) is 2. The molecule has 1 aromatic carbocycles. The molecule has 2 N–H and O–H groups in total. The zero-order valence-corrected chi connectivity index (χ0v) is 16.1. The van der Waals surface area contributed by atoms with Crippen LogP contribution in [0.3, 0.4) is 0 Å². The molecule has 0 radical (unpaired) electrons. The van der Waals surface area contributed by atoms with Crippen molar-refractivity contribution in [3.8, 4) is 5.75 Å². The largest absolute Gasteiger partial charge is 0.508 e. The number of carbonyl (C=O) groups is 1. The molecule has 5 nitrogen and oxygen atoms in total. The van der Waals surface area contributed by atoms with E-state index in [1.165, 1.54) is 6.42 Å². The van der Waals surface area contributed by atoms with E-state index in [2.05, 4.69) is 10.3 Å². The second kappa shape index (κ2) is 9.03. The molecule has 0 saturated carbocycles. The van der Waals surface area contributed by atoms with E-state index in [0.29, 0.717) is 12.3 Å². The van der Waals surface area contributed by atoms with Crippen molar-refractivity contribution in [2.75, 3.05) is 13.1 Å². The van der Waals surface area contributed by atoms with E-state index in [9.17, 15) is 9.90 Å². The zero-order chi connectivity index (χ0) is 18.4. The summed E-state index contributed by atoms with van der Waals surface area (Å²) in [6, 6.07) is 7.71. The summed E-state index contributed by atoms with van der Waals surface area (Å²) in [6.45, 7) is 3.44. The van der Waals surface area contributed by atoms with Crippen LogP contribution in [0.4, 0.5) is 4.79 Å². The molecule has 1 fully saturated rings. The van der Waals surface area contributed by atoms with Crippen LogP contribution in [0.25, 0.3) is 0 Å². The van der Waals surface area contributed by atoms with E-state index in [1.54, 1.807) is 17.4 Å². The Kier molecular flexibility index (Phi) is 6.50. The van der Waals surface area contributed by atoms with Crippen LogP contribution >= 0.6 is 11.3 Å². The highest BCUT2D eigenvalue weighted by Gasteiger charge is 2.26. The lowest BCUT2D eigenvalue weighted by Gasteiger charge is -2.36. The van der Waals surface area contributed by atoms with E-state index in [0.717, 1.165) is 54.9 Å². The Bertz CT molecular complexity index is 731. The summed E-state index contributed by atoms with van der Waals surface area (Å²) in [5.41, 5.74) is 2.16. The second-order valence-electron chi connectivity index (χ2n) is 6.92. The monoisotopic (exact) mass is 373 g/mol. The Morgan fingerprint density at radius 2 is 2.27 bits per heavy atom. The van der Waals surface area contributed by atoms with Gasteiger partial charge >= 0.3 is 6.03 Å². The lowest BCUT2D eigenvalue weighted by molar-refractivity contribution is 0.147. The van der Waals surface area contributed by atoms with Gasteiger partial charge < -0.3 is 15.3 Å². The fraction of sp³-hybridized carbons (Fsp3) is 0.500. The van der Waals surface area contributed by atoms with Crippen LogP contribution in [-0.2, 0) is 12.8 Å². The molecule has 1 aromatic heterocycles. The number of amides is 2. The summed E-state index contributed by atoms with van der Waals surface area (Å²) in [7, 11) is 0. The Morgan fingerprint density at radius 3 is 3.04 bits per heavy atom. The number of rotatable bonds is 6. The number of nitrogens with one attached hydrogen (secondary N) is 1. The summed E-state index contributed by atoms with van der Waals surface area (Å²) in [4.78, 5) is 19.1. The van der Waals surface area contributed by atoms with Crippen molar-refractivity contribution < 1.29 is 9.90 Å². The Hall–Kier alpha value is -2.08. The van der Waals surface area contributed by atoms with Crippen molar-refractivity contribution in [2.24, 2.45) is 0 Å². The number of hydrogen-bond donors (Lipinski definition) is 2. The molecule has 26 heavy (non-hydrogen) atoms. The quantitative estimate of drug-likeness (QED) is 0.807. The number of benzene rings is 1. The number of carbonyl (C=O) groups excluding carboxylic acids is 1. The van der Waals surface area contributed by atoms with E-state index < -0.39 is 0 Å². The number of phenolic OH excluding ortho intramolecular Hbond substituents is 1. The Balaban J connectivity index is 1.49. The van der Waals surface area contributed by atoms with Crippen LogP contribution in [0.15, 0.2) is 29.6 Å². The van der Waals surface area contributed by atoms with Gasteiger partial charge in [-0.2, -0.15) is 0 Å². The summed E-state index contributed by atoms with van der Waals surface area (Å²) in [5.74, 6) is 0.304. The number of aromatic nitrogens is 1. The molecule has 2 amide bonds. The minimum absolute atomic E-state index is 0.0406. The highest BCUT2D eigenvalue weighted by molar-refractivity contribution is 7.09. The number of hydrogen-bond acceptors (Lipinski definition) is 4. The summed E-state index contributed by atoms with van der Waals surface area (Å²) in [5, 5.41) is 15.8. The molecule has 0 spiro atoms. The number of phenols is 1. The predicted molar refractivity (Wildman–Crippen MR) is 105 cm³/mol. The van der Waals surface area contributed by atoms with Gasteiger partial charge in [-0.05, 0) is 56.7 Å². The van der Waals surface area contributed by atoms with Crippen LogP contribution in [-0.4, -0.2) is 40.2 Å². The Morgan fingerprint density at radius 1 is 1.38 bits per heavy atom.